The fraction of sp³-hybridized carbons (Fsp3) is 0.778. The van der Waals surface area contributed by atoms with Crippen LogP contribution in [0.2, 0.25) is 0 Å². The predicted molar refractivity (Wildman–Crippen MR) is 55.0 cm³/mol. The van der Waals surface area contributed by atoms with Crippen molar-refractivity contribution in [3.8, 4) is 0 Å². The van der Waals surface area contributed by atoms with Crippen molar-refractivity contribution >= 4 is 23.6 Å². The number of amides is 2. The Hall–Kier alpha value is -0.710. The van der Waals surface area contributed by atoms with E-state index in [1.165, 1.54) is 0 Å². The lowest BCUT2D eigenvalue weighted by Crippen LogP contribution is -2.56. The van der Waals surface area contributed by atoms with Crippen LogP contribution < -0.4 is 5.32 Å². The molecule has 5 heteroatoms. The van der Waals surface area contributed by atoms with Crippen LogP contribution in [-0.4, -0.2) is 46.8 Å². The van der Waals surface area contributed by atoms with Crippen LogP contribution in [0, 0.1) is 0 Å². The monoisotopic (exact) mass is 214 g/mol. The molecule has 78 valence electrons. The normalized spacial score (nSPS) is 33.4. The van der Waals surface area contributed by atoms with Crippen molar-refractivity contribution in [3.05, 3.63) is 0 Å². The Morgan fingerprint density at radius 1 is 1.50 bits per heavy atom. The molecule has 0 aromatic heterocycles. The van der Waals surface area contributed by atoms with Crippen molar-refractivity contribution in [2.24, 2.45) is 0 Å². The number of thioether (sulfide) groups is 1. The topological polar surface area (TPSA) is 49.4 Å². The molecule has 2 unspecified atom stereocenters. The van der Waals surface area contributed by atoms with E-state index in [4.69, 9.17) is 0 Å². The van der Waals surface area contributed by atoms with Crippen molar-refractivity contribution in [2.75, 3.05) is 18.8 Å². The number of piperazine rings is 1. The first-order chi connectivity index (χ1) is 6.68. The molecule has 0 bridgehead atoms. The van der Waals surface area contributed by atoms with Gasteiger partial charge in [0.1, 0.15) is 0 Å². The minimum absolute atomic E-state index is 0.0336. The molecule has 0 radical (unpaired) electrons. The van der Waals surface area contributed by atoms with Gasteiger partial charge in [-0.05, 0) is 12.2 Å². The van der Waals surface area contributed by atoms with E-state index in [0.717, 1.165) is 12.2 Å². The van der Waals surface area contributed by atoms with Crippen LogP contribution in [0.25, 0.3) is 0 Å². The van der Waals surface area contributed by atoms with Gasteiger partial charge in [0, 0.05) is 11.3 Å². The van der Waals surface area contributed by atoms with E-state index in [9.17, 15) is 9.59 Å². The molecule has 14 heavy (non-hydrogen) atoms. The minimum Gasteiger partial charge on any atom is -0.345 e. The summed E-state index contributed by atoms with van der Waals surface area (Å²) < 4.78 is 0. The molecule has 2 aliphatic rings. The van der Waals surface area contributed by atoms with Crippen molar-refractivity contribution in [3.63, 3.8) is 0 Å². The summed E-state index contributed by atoms with van der Waals surface area (Å²) in [5.41, 5.74) is 0. The van der Waals surface area contributed by atoms with Crippen LogP contribution in [0.3, 0.4) is 0 Å². The highest BCUT2D eigenvalue weighted by Gasteiger charge is 2.35. The van der Waals surface area contributed by atoms with Gasteiger partial charge in [-0.2, -0.15) is 11.8 Å². The van der Waals surface area contributed by atoms with E-state index in [2.05, 4.69) is 12.2 Å². The molecule has 2 rings (SSSR count). The quantitative estimate of drug-likeness (QED) is 0.660. The van der Waals surface area contributed by atoms with Crippen molar-refractivity contribution in [2.45, 2.75) is 24.6 Å². The largest absolute Gasteiger partial charge is 0.345 e. The lowest BCUT2D eigenvalue weighted by atomic mass is 10.1. The second kappa shape index (κ2) is 3.81. The zero-order valence-electron chi connectivity index (χ0n) is 8.16. The summed E-state index contributed by atoms with van der Waals surface area (Å²) in [6.45, 7) is 2.54. The summed E-state index contributed by atoms with van der Waals surface area (Å²) >= 11 is 1.88. The standard InChI is InChI=1S/C9H14N2O2S/c1-6-7(2-3-14-6)11-5-8(12)10-4-9(11)13/h6-7H,2-5H2,1H3,(H,10,12). The molecule has 2 heterocycles. The Labute approximate surface area is 87.4 Å². The maximum atomic E-state index is 11.6. The van der Waals surface area contributed by atoms with E-state index in [1.807, 2.05) is 11.8 Å². The Balaban J connectivity index is 2.07. The first kappa shape index (κ1) is 9.83. The van der Waals surface area contributed by atoms with Gasteiger partial charge in [-0.15, -0.1) is 0 Å². The zero-order chi connectivity index (χ0) is 10.1. The van der Waals surface area contributed by atoms with Gasteiger partial charge < -0.3 is 10.2 Å². The summed E-state index contributed by atoms with van der Waals surface area (Å²) in [7, 11) is 0. The van der Waals surface area contributed by atoms with Crippen LogP contribution >= 0.6 is 11.8 Å². The molecule has 2 amide bonds. The Bertz CT molecular complexity index is 270. The fourth-order valence-corrected chi connectivity index (χ4v) is 3.26. The summed E-state index contributed by atoms with van der Waals surface area (Å²) in [6.07, 6.45) is 1.02. The summed E-state index contributed by atoms with van der Waals surface area (Å²) in [6, 6.07) is 0.263. The number of hydrogen-bond donors (Lipinski definition) is 1. The van der Waals surface area contributed by atoms with Crippen LogP contribution in [0.15, 0.2) is 0 Å². The second-order valence-corrected chi connectivity index (χ2v) is 5.22. The van der Waals surface area contributed by atoms with Gasteiger partial charge in [0.05, 0.1) is 13.1 Å². The first-order valence-electron chi connectivity index (χ1n) is 4.86. The molecule has 0 aliphatic carbocycles. The molecule has 4 nitrogen and oxygen atoms in total. The van der Waals surface area contributed by atoms with Gasteiger partial charge in [0.15, 0.2) is 0 Å². The summed E-state index contributed by atoms with van der Waals surface area (Å²) in [4.78, 5) is 24.5. The van der Waals surface area contributed by atoms with Crippen LogP contribution in [0.1, 0.15) is 13.3 Å². The molecular weight excluding hydrogens is 200 g/mol. The highest BCUT2D eigenvalue weighted by Crippen LogP contribution is 2.30. The Kier molecular flexibility index (Phi) is 2.67. The maximum absolute atomic E-state index is 11.6. The summed E-state index contributed by atoms with van der Waals surface area (Å²) in [5.74, 6) is 1.12. The van der Waals surface area contributed by atoms with E-state index in [0.29, 0.717) is 5.25 Å². The van der Waals surface area contributed by atoms with Crippen molar-refractivity contribution in [1.29, 1.82) is 0 Å². The fourth-order valence-electron chi connectivity index (χ4n) is 2.01. The second-order valence-electron chi connectivity index (χ2n) is 3.73. The van der Waals surface area contributed by atoms with Gasteiger partial charge >= 0.3 is 0 Å². The molecule has 0 aromatic carbocycles. The Morgan fingerprint density at radius 2 is 2.29 bits per heavy atom. The van der Waals surface area contributed by atoms with E-state index in [1.54, 1.807) is 4.90 Å². The molecular formula is C9H14N2O2S. The Morgan fingerprint density at radius 3 is 2.93 bits per heavy atom. The molecule has 1 N–H and O–H groups in total. The SMILES string of the molecule is CC1SCCC1N1CC(=O)NCC1=O. The number of nitrogens with zero attached hydrogens (tertiary/aromatic N) is 1. The van der Waals surface area contributed by atoms with Gasteiger partial charge in [0.2, 0.25) is 11.8 Å². The van der Waals surface area contributed by atoms with Crippen LogP contribution in [0.4, 0.5) is 0 Å². The van der Waals surface area contributed by atoms with Gasteiger partial charge in [-0.1, -0.05) is 6.92 Å². The van der Waals surface area contributed by atoms with Crippen LogP contribution in [-0.2, 0) is 9.59 Å². The molecule has 0 saturated carbocycles. The zero-order valence-corrected chi connectivity index (χ0v) is 8.97. The van der Waals surface area contributed by atoms with E-state index >= 15 is 0 Å². The average molecular weight is 214 g/mol. The predicted octanol–water partition coefficient (Wildman–Crippen LogP) is -0.161. The van der Waals surface area contributed by atoms with E-state index in [-0.39, 0.29) is 30.9 Å². The lowest BCUT2D eigenvalue weighted by molar-refractivity contribution is -0.142. The highest BCUT2D eigenvalue weighted by atomic mass is 32.2. The number of nitrogens with one attached hydrogen (secondary N) is 1. The smallest absolute Gasteiger partial charge is 0.242 e. The third kappa shape index (κ3) is 1.73. The number of rotatable bonds is 1. The molecule has 0 spiro atoms. The van der Waals surface area contributed by atoms with E-state index < -0.39 is 0 Å². The number of carbonyl (C=O) groups is 2. The van der Waals surface area contributed by atoms with Gasteiger partial charge in [-0.25, -0.2) is 0 Å². The van der Waals surface area contributed by atoms with Gasteiger partial charge in [-0.3, -0.25) is 9.59 Å². The third-order valence-electron chi connectivity index (χ3n) is 2.81. The molecule has 2 saturated heterocycles. The van der Waals surface area contributed by atoms with Crippen molar-refractivity contribution in [1.82, 2.24) is 10.2 Å². The third-order valence-corrected chi connectivity index (χ3v) is 4.12. The lowest BCUT2D eigenvalue weighted by Gasteiger charge is -2.33. The maximum Gasteiger partial charge on any atom is 0.242 e. The van der Waals surface area contributed by atoms with Gasteiger partial charge in [0.25, 0.3) is 0 Å². The molecule has 2 atom stereocenters. The summed E-state index contributed by atoms with van der Waals surface area (Å²) in [5, 5.41) is 3.03. The molecule has 0 aromatic rings. The number of hydrogen-bond acceptors (Lipinski definition) is 3. The van der Waals surface area contributed by atoms with Crippen molar-refractivity contribution < 1.29 is 9.59 Å². The average Bonchev–Trinajstić information content (AvgIpc) is 2.56. The number of carbonyl (C=O) groups excluding carboxylic acids is 2. The molecule has 2 aliphatic heterocycles. The minimum atomic E-state index is -0.0336. The first-order valence-corrected chi connectivity index (χ1v) is 5.91. The highest BCUT2D eigenvalue weighted by molar-refractivity contribution is 8.00. The van der Waals surface area contributed by atoms with Crippen LogP contribution in [0.5, 0.6) is 0 Å². The molecule has 2 fully saturated rings.